The van der Waals surface area contributed by atoms with E-state index in [1.807, 2.05) is 17.0 Å². The molecule has 1 saturated heterocycles. The van der Waals surface area contributed by atoms with Crippen molar-refractivity contribution < 1.29 is 14.3 Å². The lowest BCUT2D eigenvalue weighted by atomic mass is 10.1. The number of hydrogen-bond donors (Lipinski definition) is 2. The van der Waals surface area contributed by atoms with Gasteiger partial charge in [-0.25, -0.2) is 0 Å². The molecule has 2 amide bonds. The van der Waals surface area contributed by atoms with E-state index in [2.05, 4.69) is 5.32 Å². The van der Waals surface area contributed by atoms with Gasteiger partial charge >= 0.3 is 0 Å². The van der Waals surface area contributed by atoms with E-state index in [0.717, 1.165) is 31.5 Å². The number of anilines is 1. The van der Waals surface area contributed by atoms with Crippen LogP contribution in [0.5, 0.6) is 5.75 Å². The topological polar surface area (TPSA) is 84.7 Å². The Balaban J connectivity index is 1.57. The van der Waals surface area contributed by atoms with Crippen molar-refractivity contribution in [2.24, 2.45) is 5.73 Å². The first-order valence-electron chi connectivity index (χ1n) is 8.77. The summed E-state index contributed by atoms with van der Waals surface area (Å²) in [6.45, 7) is 2.07. The van der Waals surface area contributed by atoms with Crippen LogP contribution >= 0.6 is 0 Å². The Morgan fingerprint density at radius 3 is 2.50 bits per heavy atom. The van der Waals surface area contributed by atoms with E-state index in [0.29, 0.717) is 23.5 Å². The van der Waals surface area contributed by atoms with Crippen molar-refractivity contribution in [2.75, 3.05) is 25.0 Å². The maximum Gasteiger partial charge on any atom is 0.260 e. The fraction of sp³-hybridized carbons (Fsp3) is 0.300. The molecule has 0 unspecified atom stereocenters. The summed E-state index contributed by atoms with van der Waals surface area (Å²) >= 11 is 0. The lowest BCUT2D eigenvalue weighted by Crippen LogP contribution is -2.32. The van der Waals surface area contributed by atoms with E-state index >= 15 is 0 Å². The van der Waals surface area contributed by atoms with Crippen LogP contribution in [0.4, 0.5) is 5.69 Å². The maximum absolute atomic E-state index is 12.3. The lowest BCUT2D eigenvalue weighted by molar-refractivity contribution is -0.132. The predicted octanol–water partition coefficient (Wildman–Crippen LogP) is 2.40. The molecular weight excluding hydrogens is 330 g/mol. The van der Waals surface area contributed by atoms with Gasteiger partial charge in [-0.2, -0.15) is 0 Å². The molecule has 2 aromatic carbocycles. The first-order chi connectivity index (χ1) is 12.7. The average molecular weight is 353 g/mol. The van der Waals surface area contributed by atoms with Gasteiger partial charge < -0.3 is 20.7 Å². The monoisotopic (exact) mass is 353 g/mol. The van der Waals surface area contributed by atoms with Crippen LogP contribution in [0.2, 0.25) is 0 Å². The Kier molecular flexibility index (Phi) is 5.86. The summed E-state index contributed by atoms with van der Waals surface area (Å²) in [5.41, 5.74) is 7.70. The molecule has 1 aliphatic rings. The summed E-state index contributed by atoms with van der Waals surface area (Å²) in [5, 5.41) is 2.83. The molecule has 3 rings (SSSR count). The second kappa shape index (κ2) is 8.49. The molecule has 6 heteroatoms. The Labute approximate surface area is 152 Å². The summed E-state index contributed by atoms with van der Waals surface area (Å²) in [6.07, 6.45) is 2.11. The van der Waals surface area contributed by atoms with Crippen LogP contribution in [0.25, 0.3) is 0 Å². The van der Waals surface area contributed by atoms with Gasteiger partial charge in [0.05, 0.1) is 0 Å². The second-order valence-electron chi connectivity index (χ2n) is 6.26. The molecule has 0 aromatic heterocycles. The van der Waals surface area contributed by atoms with Crippen LogP contribution in [0, 0.1) is 0 Å². The Morgan fingerprint density at radius 2 is 1.81 bits per heavy atom. The van der Waals surface area contributed by atoms with Crippen molar-refractivity contribution >= 4 is 17.5 Å². The quantitative estimate of drug-likeness (QED) is 0.835. The molecule has 0 radical (unpaired) electrons. The molecule has 0 atom stereocenters. The van der Waals surface area contributed by atoms with Gasteiger partial charge in [-0.1, -0.05) is 18.2 Å². The van der Waals surface area contributed by atoms with Gasteiger partial charge in [0.2, 0.25) is 0 Å². The summed E-state index contributed by atoms with van der Waals surface area (Å²) < 4.78 is 5.58. The van der Waals surface area contributed by atoms with Crippen molar-refractivity contribution in [3.63, 3.8) is 0 Å². The minimum atomic E-state index is -0.209. The number of amides is 2. The average Bonchev–Trinajstić information content (AvgIpc) is 3.21. The molecular formula is C20H23N3O3. The van der Waals surface area contributed by atoms with Crippen LogP contribution in [0.3, 0.4) is 0 Å². The number of nitrogens with zero attached hydrogens (tertiary/aromatic N) is 1. The van der Waals surface area contributed by atoms with Crippen LogP contribution in [-0.2, 0) is 11.3 Å². The zero-order valence-corrected chi connectivity index (χ0v) is 14.6. The number of carbonyl (C=O) groups excluding carboxylic acids is 2. The van der Waals surface area contributed by atoms with Gasteiger partial charge in [0.15, 0.2) is 6.61 Å². The molecule has 26 heavy (non-hydrogen) atoms. The van der Waals surface area contributed by atoms with Crippen LogP contribution < -0.4 is 15.8 Å². The Bertz CT molecular complexity index is 768. The van der Waals surface area contributed by atoms with Crippen molar-refractivity contribution in [3.05, 3.63) is 59.7 Å². The standard InChI is InChI=1S/C20H23N3O3/c21-13-15-6-8-16(9-7-15)20(25)22-17-4-3-5-18(12-17)26-14-19(24)23-10-1-2-11-23/h3-9,12H,1-2,10-11,13-14,21H2,(H,22,25). The number of ether oxygens (including phenoxy) is 1. The van der Waals surface area contributed by atoms with E-state index in [1.165, 1.54) is 0 Å². The van der Waals surface area contributed by atoms with E-state index in [1.54, 1.807) is 36.4 Å². The summed E-state index contributed by atoms with van der Waals surface area (Å²) in [7, 11) is 0. The van der Waals surface area contributed by atoms with Crippen molar-refractivity contribution in [3.8, 4) is 5.75 Å². The molecule has 3 N–H and O–H groups in total. The van der Waals surface area contributed by atoms with Crippen molar-refractivity contribution in [1.29, 1.82) is 0 Å². The number of hydrogen-bond acceptors (Lipinski definition) is 4. The molecule has 1 aliphatic heterocycles. The molecule has 0 aliphatic carbocycles. The number of nitrogens with two attached hydrogens (primary N) is 1. The van der Waals surface area contributed by atoms with Gasteiger partial charge in [-0.15, -0.1) is 0 Å². The molecule has 1 heterocycles. The minimum Gasteiger partial charge on any atom is -0.484 e. The van der Waals surface area contributed by atoms with Gasteiger partial charge in [-0.3, -0.25) is 9.59 Å². The fourth-order valence-corrected chi connectivity index (χ4v) is 2.86. The summed E-state index contributed by atoms with van der Waals surface area (Å²) in [6, 6.07) is 14.2. The highest BCUT2D eigenvalue weighted by atomic mass is 16.5. The third kappa shape index (κ3) is 4.61. The Morgan fingerprint density at radius 1 is 1.08 bits per heavy atom. The van der Waals surface area contributed by atoms with Crippen LogP contribution in [0.15, 0.2) is 48.5 Å². The van der Waals surface area contributed by atoms with E-state index in [-0.39, 0.29) is 18.4 Å². The molecule has 0 spiro atoms. The highest BCUT2D eigenvalue weighted by Crippen LogP contribution is 2.19. The van der Waals surface area contributed by atoms with E-state index in [4.69, 9.17) is 10.5 Å². The largest absolute Gasteiger partial charge is 0.484 e. The molecule has 6 nitrogen and oxygen atoms in total. The third-order valence-electron chi connectivity index (χ3n) is 4.36. The normalized spacial score (nSPS) is 13.5. The Hall–Kier alpha value is -2.86. The minimum absolute atomic E-state index is 0.00284. The molecule has 2 aromatic rings. The maximum atomic E-state index is 12.3. The van der Waals surface area contributed by atoms with Crippen LogP contribution in [-0.4, -0.2) is 36.4 Å². The molecule has 0 saturated carbocycles. The van der Waals surface area contributed by atoms with Gasteiger partial charge in [-0.05, 0) is 42.7 Å². The summed E-state index contributed by atoms with van der Waals surface area (Å²) in [5.74, 6) is 0.338. The highest BCUT2D eigenvalue weighted by molar-refractivity contribution is 6.04. The number of likely N-dealkylation sites (tertiary alicyclic amines) is 1. The predicted molar refractivity (Wildman–Crippen MR) is 100 cm³/mol. The smallest absolute Gasteiger partial charge is 0.260 e. The first-order valence-corrected chi connectivity index (χ1v) is 8.77. The SMILES string of the molecule is NCc1ccc(C(=O)Nc2cccc(OCC(=O)N3CCCC3)c2)cc1. The molecule has 1 fully saturated rings. The number of benzene rings is 2. The van der Waals surface area contributed by atoms with E-state index < -0.39 is 0 Å². The highest BCUT2D eigenvalue weighted by Gasteiger charge is 2.18. The van der Waals surface area contributed by atoms with Gasteiger partial charge in [0, 0.05) is 37.0 Å². The first kappa shape index (κ1) is 17.9. The second-order valence-corrected chi connectivity index (χ2v) is 6.26. The third-order valence-corrected chi connectivity index (χ3v) is 4.36. The number of carbonyl (C=O) groups is 2. The number of rotatable bonds is 6. The molecule has 136 valence electrons. The van der Waals surface area contributed by atoms with Crippen LogP contribution in [0.1, 0.15) is 28.8 Å². The summed E-state index contributed by atoms with van der Waals surface area (Å²) in [4.78, 5) is 26.2. The fourth-order valence-electron chi connectivity index (χ4n) is 2.86. The number of nitrogens with one attached hydrogen (secondary N) is 1. The molecule has 0 bridgehead atoms. The van der Waals surface area contributed by atoms with Crippen molar-refractivity contribution in [1.82, 2.24) is 4.90 Å². The zero-order chi connectivity index (χ0) is 18.4. The van der Waals surface area contributed by atoms with Gasteiger partial charge in [0.1, 0.15) is 5.75 Å². The van der Waals surface area contributed by atoms with E-state index in [9.17, 15) is 9.59 Å². The lowest BCUT2D eigenvalue weighted by Gasteiger charge is -2.15. The van der Waals surface area contributed by atoms with Gasteiger partial charge in [0.25, 0.3) is 11.8 Å². The zero-order valence-electron chi connectivity index (χ0n) is 14.6. The van der Waals surface area contributed by atoms with Crippen molar-refractivity contribution in [2.45, 2.75) is 19.4 Å².